The molecule has 1 saturated heterocycles. The van der Waals surface area contributed by atoms with Crippen molar-refractivity contribution in [3.8, 4) is 0 Å². The van der Waals surface area contributed by atoms with E-state index in [0.717, 1.165) is 38.5 Å². The van der Waals surface area contributed by atoms with Crippen LogP contribution in [0.4, 0.5) is 0 Å². The van der Waals surface area contributed by atoms with Gasteiger partial charge in [-0.2, -0.15) is 0 Å². The van der Waals surface area contributed by atoms with Crippen LogP contribution in [0, 0.1) is 0 Å². The summed E-state index contributed by atoms with van der Waals surface area (Å²) < 4.78 is 21.9. The maximum absolute atomic E-state index is 12.6. The molecule has 1 rings (SSSR count). The molecule has 0 saturated carbocycles. The normalized spacial score (nSPS) is 22.5. The van der Waals surface area contributed by atoms with Crippen molar-refractivity contribution in [1.29, 1.82) is 0 Å². The first-order valence-electron chi connectivity index (χ1n) is 17.6. The quantitative estimate of drug-likeness (QED) is 0.0644. The van der Waals surface area contributed by atoms with E-state index < -0.39 is 49.4 Å². The van der Waals surface area contributed by atoms with Gasteiger partial charge in [0, 0.05) is 12.8 Å². The van der Waals surface area contributed by atoms with Gasteiger partial charge in [-0.1, -0.05) is 123 Å². The Bertz CT molecular complexity index is 704. The summed E-state index contributed by atoms with van der Waals surface area (Å²) in [5.41, 5.74) is 0. The molecule has 1 heterocycles. The van der Waals surface area contributed by atoms with Crippen molar-refractivity contribution in [2.75, 3.05) is 19.8 Å². The van der Waals surface area contributed by atoms with Crippen molar-refractivity contribution in [2.45, 2.75) is 185 Å². The fourth-order valence-corrected chi connectivity index (χ4v) is 5.36. The van der Waals surface area contributed by atoms with E-state index in [1.165, 1.54) is 77.0 Å². The molecule has 6 atom stereocenters. The van der Waals surface area contributed by atoms with Gasteiger partial charge in [-0.3, -0.25) is 9.59 Å². The molecule has 0 aliphatic carbocycles. The molecule has 260 valence electrons. The zero-order valence-electron chi connectivity index (χ0n) is 27.7. The van der Waals surface area contributed by atoms with Gasteiger partial charge in [0.05, 0.1) is 13.2 Å². The number of aliphatic hydroxyl groups is 4. The Morgan fingerprint density at radius 2 is 1.07 bits per heavy atom. The summed E-state index contributed by atoms with van der Waals surface area (Å²) in [5.74, 6) is -0.807. The van der Waals surface area contributed by atoms with Gasteiger partial charge in [-0.15, -0.1) is 0 Å². The summed E-state index contributed by atoms with van der Waals surface area (Å²) in [7, 11) is 0. The highest BCUT2D eigenvalue weighted by Crippen LogP contribution is 2.22. The number of unbranched alkanes of at least 4 members (excludes halogenated alkanes) is 17. The maximum Gasteiger partial charge on any atom is 0.306 e. The van der Waals surface area contributed by atoms with Gasteiger partial charge >= 0.3 is 11.9 Å². The number of hydrogen-bond donors (Lipinski definition) is 4. The number of ether oxygens (including phenoxy) is 4. The lowest BCUT2D eigenvalue weighted by Crippen LogP contribution is -2.59. The zero-order valence-corrected chi connectivity index (χ0v) is 27.7. The van der Waals surface area contributed by atoms with Gasteiger partial charge in [0.25, 0.3) is 0 Å². The van der Waals surface area contributed by atoms with E-state index in [0.29, 0.717) is 6.42 Å². The largest absolute Gasteiger partial charge is 0.462 e. The van der Waals surface area contributed by atoms with Crippen LogP contribution in [0.1, 0.15) is 149 Å². The fraction of sp³-hybridized carbons (Fsp3) is 0.941. The third kappa shape index (κ3) is 19.3. The third-order valence-electron chi connectivity index (χ3n) is 8.24. The molecule has 0 bridgehead atoms. The van der Waals surface area contributed by atoms with E-state index in [1.807, 2.05) is 0 Å². The Hall–Kier alpha value is -1.30. The highest BCUT2D eigenvalue weighted by Gasteiger charge is 2.44. The number of carbonyl (C=O) groups excluding carboxylic acids is 2. The van der Waals surface area contributed by atoms with Crippen LogP contribution >= 0.6 is 0 Å². The number of carbonyl (C=O) groups is 2. The Kier molecular flexibility index (Phi) is 24.9. The lowest BCUT2D eigenvalue weighted by molar-refractivity contribution is -0.305. The molecule has 10 heteroatoms. The molecule has 0 radical (unpaired) electrons. The summed E-state index contributed by atoms with van der Waals surface area (Å²) in [6, 6.07) is 0. The standard InChI is InChI=1S/C34H64O10/c1-3-5-7-9-11-13-15-17-19-21-23-30(37)43-27(26-42-34-33(40)32(39)31(38)28(24-35)44-34)25-41-29(36)22-20-18-16-14-12-10-8-6-4-2/h27-28,31-35,38-40H,3-26H2,1-2H3/t27-,28-,31+,32+,33-,34-/m1/s1. The molecule has 0 aromatic heterocycles. The van der Waals surface area contributed by atoms with E-state index in [-0.39, 0.29) is 32.0 Å². The van der Waals surface area contributed by atoms with Crippen molar-refractivity contribution in [3.63, 3.8) is 0 Å². The highest BCUT2D eigenvalue weighted by atomic mass is 16.7. The predicted molar refractivity (Wildman–Crippen MR) is 169 cm³/mol. The topological polar surface area (TPSA) is 152 Å². The van der Waals surface area contributed by atoms with E-state index >= 15 is 0 Å². The molecule has 0 aromatic carbocycles. The molecule has 1 aliphatic heterocycles. The van der Waals surface area contributed by atoms with Gasteiger partial charge < -0.3 is 39.4 Å². The third-order valence-corrected chi connectivity index (χ3v) is 8.24. The van der Waals surface area contributed by atoms with E-state index in [1.54, 1.807) is 0 Å². The van der Waals surface area contributed by atoms with Gasteiger partial charge in [0.15, 0.2) is 12.4 Å². The summed E-state index contributed by atoms with van der Waals surface area (Å²) in [5, 5.41) is 39.7. The van der Waals surface area contributed by atoms with Crippen LogP contribution in [0.2, 0.25) is 0 Å². The SMILES string of the molecule is CCCCCCCCCCCCC(=O)O[C@H](COC(=O)CCCCCCCCCCC)CO[C@@H]1O[C@H](CO)[C@H](O)[C@H](O)[C@H]1O. The van der Waals surface area contributed by atoms with Crippen molar-refractivity contribution in [1.82, 2.24) is 0 Å². The number of rotatable bonds is 28. The second kappa shape index (κ2) is 26.9. The van der Waals surface area contributed by atoms with Crippen LogP contribution in [0.5, 0.6) is 0 Å². The van der Waals surface area contributed by atoms with Crippen molar-refractivity contribution < 1.29 is 49.0 Å². The molecule has 1 fully saturated rings. The lowest BCUT2D eigenvalue weighted by atomic mass is 9.99. The second-order valence-corrected chi connectivity index (χ2v) is 12.3. The summed E-state index contributed by atoms with van der Waals surface area (Å²) in [4.78, 5) is 25.0. The Labute approximate surface area is 266 Å². The van der Waals surface area contributed by atoms with Crippen LogP contribution in [0.25, 0.3) is 0 Å². The Balaban J connectivity index is 2.45. The highest BCUT2D eigenvalue weighted by molar-refractivity contribution is 5.70. The van der Waals surface area contributed by atoms with Gasteiger partial charge in [-0.05, 0) is 12.8 Å². The Morgan fingerprint density at radius 3 is 1.55 bits per heavy atom. The molecule has 1 aliphatic rings. The van der Waals surface area contributed by atoms with E-state index in [9.17, 15) is 30.0 Å². The molecular weight excluding hydrogens is 568 g/mol. The van der Waals surface area contributed by atoms with Crippen molar-refractivity contribution in [3.05, 3.63) is 0 Å². The monoisotopic (exact) mass is 632 g/mol. The molecular formula is C34H64O10. The van der Waals surface area contributed by atoms with Crippen LogP contribution in [0.15, 0.2) is 0 Å². The molecule has 0 amide bonds. The van der Waals surface area contributed by atoms with Crippen molar-refractivity contribution >= 4 is 11.9 Å². The van der Waals surface area contributed by atoms with Crippen molar-refractivity contribution in [2.24, 2.45) is 0 Å². The van der Waals surface area contributed by atoms with Crippen LogP contribution in [-0.4, -0.2) is 89.0 Å². The smallest absolute Gasteiger partial charge is 0.306 e. The number of esters is 2. The summed E-state index contributed by atoms with van der Waals surface area (Å²) in [6.07, 6.45) is 14.2. The number of hydrogen-bond acceptors (Lipinski definition) is 10. The van der Waals surface area contributed by atoms with Gasteiger partial charge in [-0.25, -0.2) is 0 Å². The predicted octanol–water partition coefficient (Wildman–Crippen LogP) is 5.49. The first-order valence-corrected chi connectivity index (χ1v) is 17.6. The lowest BCUT2D eigenvalue weighted by Gasteiger charge is -2.39. The Morgan fingerprint density at radius 1 is 0.614 bits per heavy atom. The minimum absolute atomic E-state index is 0.211. The molecule has 44 heavy (non-hydrogen) atoms. The second-order valence-electron chi connectivity index (χ2n) is 12.3. The number of aliphatic hydroxyl groups excluding tert-OH is 4. The minimum Gasteiger partial charge on any atom is -0.462 e. The average molecular weight is 633 g/mol. The molecule has 0 spiro atoms. The van der Waals surface area contributed by atoms with Gasteiger partial charge in [0.2, 0.25) is 0 Å². The fourth-order valence-electron chi connectivity index (χ4n) is 5.36. The summed E-state index contributed by atoms with van der Waals surface area (Å²) in [6.45, 7) is 3.36. The van der Waals surface area contributed by atoms with Crippen LogP contribution in [0.3, 0.4) is 0 Å². The minimum atomic E-state index is -1.59. The van der Waals surface area contributed by atoms with E-state index in [4.69, 9.17) is 18.9 Å². The summed E-state index contributed by atoms with van der Waals surface area (Å²) >= 11 is 0. The molecule has 0 aromatic rings. The van der Waals surface area contributed by atoms with Crippen LogP contribution < -0.4 is 0 Å². The average Bonchev–Trinajstić information content (AvgIpc) is 3.02. The molecule has 4 N–H and O–H groups in total. The first-order chi connectivity index (χ1) is 21.3. The molecule has 0 unspecified atom stereocenters. The first kappa shape index (κ1) is 40.7. The van der Waals surface area contributed by atoms with Gasteiger partial charge in [0.1, 0.15) is 31.0 Å². The maximum atomic E-state index is 12.6. The van der Waals surface area contributed by atoms with E-state index in [2.05, 4.69) is 13.8 Å². The van der Waals surface area contributed by atoms with Crippen LogP contribution in [-0.2, 0) is 28.5 Å². The molecule has 10 nitrogen and oxygen atoms in total. The zero-order chi connectivity index (χ0) is 32.4.